The molecular weight excluding hydrogens is 216 g/mol. The molecule has 0 spiro atoms. The van der Waals surface area contributed by atoms with Crippen molar-refractivity contribution in [2.24, 2.45) is 7.05 Å². The van der Waals surface area contributed by atoms with Gasteiger partial charge >= 0.3 is 0 Å². The van der Waals surface area contributed by atoms with Crippen LogP contribution in [0.5, 0.6) is 0 Å². The average Bonchev–Trinajstić information content (AvgIpc) is 2.59. The van der Waals surface area contributed by atoms with Crippen LogP contribution in [0.3, 0.4) is 0 Å². The summed E-state index contributed by atoms with van der Waals surface area (Å²) in [5.41, 5.74) is 0.207. The van der Waals surface area contributed by atoms with Gasteiger partial charge in [-0.05, 0) is 38.1 Å². The third-order valence-corrected chi connectivity index (χ3v) is 3.47. The monoisotopic (exact) mass is 238 g/mol. The van der Waals surface area contributed by atoms with E-state index in [4.69, 9.17) is 0 Å². The normalized spacial score (nSPS) is 27.0. The van der Waals surface area contributed by atoms with E-state index in [9.17, 15) is 0 Å². The predicted octanol–water partition coefficient (Wildman–Crippen LogP) is 0.174. The van der Waals surface area contributed by atoms with Crippen molar-refractivity contribution in [1.82, 2.24) is 30.4 Å². The SMILES string of the molecule is CCC1(C)CN(Cc2nnn(C)n2)CCCN1. The van der Waals surface area contributed by atoms with Gasteiger partial charge in [-0.3, -0.25) is 4.90 Å². The fourth-order valence-corrected chi connectivity index (χ4v) is 2.28. The van der Waals surface area contributed by atoms with Gasteiger partial charge in [-0.2, -0.15) is 4.80 Å². The van der Waals surface area contributed by atoms with Crippen LogP contribution in [0.4, 0.5) is 0 Å². The first-order valence-corrected chi connectivity index (χ1v) is 6.31. The standard InChI is InChI=1S/C11H22N6/c1-4-11(2)9-17(7-5-6-12-11)8-10-13-15-16(3)14-10/h12H,4-9H2,1-3H3. The lowest BCUT2D eigenvalue weighted by atomic mass is 9.99. The molecule has 1 unspecified atom stereocenters. The maximum absolute atomic E-state index is 4.24. The van der Waals surface area contributed by atoms with Crippen LogP contribution in [-0.2, 0) is 13.6 Å². The summed E-state index contributed by atoms with van der Waals surface area (Å²) in [6.07, 6.45) is 2.31. The first kappa shape index (κ1) is 12.4. The van der Waals surface area contributed by atoms with Crippen molar-refractivity contribution in [2.45, 2.75) is 38.8 Å². The van der Waals surface area contributed by atoms with E-state index < -0.39 is 0 Å². The number of aryl methyl sites for hydroxylation is 1. The number of aromatic nitrogens is 4. The minimum atomic E-state index is 0.207. The number of nitrogens with one attached hydrogen (secondary N) is 1. The Kier molecular flexibility index (Phi) is 3.73. The van der Waals surface area contributed by atoms with Gasteiger partial charge in [-0.1, -0.05) is 6.92 Å². The van der Waals surface area contributed by atoms with E-state index in [-0.39, 0.29) is 5.54 Å². The van der Waals surface area contributed by atoms with Gasteiger partial charge in [0.25, 0.3) is 0 Å². The summed E-state index contributed by atoms with van der Waals surface area (Å²) >= 11 is 0. The molecule has 6 heteroatoms. The van der Waals surface area contributed by atoms with Crippen LogP contribution in [0, 0.1) is 0 Å². The summed E-state index contributed by atoms with van der Waals surface area (Å²) in [6, 6.07) is 0. The Labute approximate surface area is 102 Å². The minimum Gasteiger partial charge on any atom is -0.310 e. The second-order valence-electron chi connectivity index (χ2n) is 5.10. The highest BCUT2D eigenvalue weighted by atomic mass is 15.6. The third-order valence-electron chi connectivity index (χ3n) is 3.47. The smallest absolute Gasteiger partial charge is 0.188 e. The molecule has 0 amide bonds. The van der Waals surface area contributed by atoms with Gasteiger partial charge < -0.3 is 5.32 Å². The minimum absolute atomic E-state index is 0.207. The Hall–Kier alpha value is -1.01. The summed E-state index contributed by atoms with van der Waals surface area (Å²) in [5.74, 6) is 0.813. The van der Waals surface area contributed by atoms with E-state index in [1.807, 2.05) is 0 Å². The number of hydrogen-bond donors (Lipinski definition) is 1. The predicted molar refractivity (Wildman–Crippen MR) is 65.4 cm³/mol. The molecule has 2 heterocycles. The van der Waals surface area contributed by atoms with Crippen molar-refractivity contribution in [2.75, 3.05) is 19.6 Å². The topological polar surface area (TPSA) is 58.9 Å². The van der Waals surface area contributed by atoms with E-state index in [2.05, 4.69) is 39.5 Å². The molecule has 2 rings (SSSR count). The second kappa shape index (κ2) is 5.10. The van der Waals surface area contributed by atoms with E-state index in [1.165, 1.54) is 11.2 Å². The number of hydrogen-bond acceptors (Lipinski definition) is 5. The van der Waals surface area contributed by atoms with Gasteiger partial charge in [-0.15, -0.1) is 10.2 Å². The maximum atomic E-state index is 4.24. The van der Waals surface area contributed by atoms with Gasteiger partial charge in [-0.25, -0.2) is 0 Å². The third kappa shape index (κ3) is 3.23. The Morgan fingerprint density at radius 1 is 1.47 bits per heavy atom. The summed E-state index contributed by atoms with van der Waals surface area (Å²) in [5, 5.41) is 15.8. The molecule has 1 aliphatic heterocycles. The van der Waals surface area contributed by atoms with Crippen LogP contribution in [0.2, 0.25) is 0 Å². The molecule has 17 heavy (non-hydrogen) atoms. The van der Waals surface area contributed by atoms with Crippen molar-refractivity contribution in [3.8, 4) is 0 Å². The number of rotatable bonds is 3. The molecule has 1 aromatic rings. The average molecular weight is 238 g/mol. The molecule has 0 radical (unpaired) electrons. The first-order valence-electron chi connectivity index (χ1n) is 6.31. The Morgan fingerprint density at radius 3 is 2.94 bits per heavy atom. The molecule has 1 aromatic heterocycles. The Balaban J connectivity index is 1.99. The van der Waals surface area contributed by atoms with Gasteiger partial charge in [0.1, 0.15) is 0 Å². The fourth-order valence-electron chi connectivity index (χ4n) is 2.28. The lowest BCUT2D eigenvalue weighted by Gasteiger charge is -2.32. The van der Waals surface area contributed by atoms with Crippen LogP contribution < -0.4 is 5.32 Å². The molecule has 1 fully saturated rings. The Bertz CT molecular complexity index is 363. The van der Waals surface area contributed by atoms with Crippen LogP contribution in [0.1, 0.15) is 32.5 Å². The van der Waals surface area contributed by atoms with Gasteiger partial charge in [0.2, 0.25) is 0 Å². The second-order valence-corrected chi connectivity index (χ2v) is 5.10. The van der Waals surface area contributed by atoms with Crippen molar-refractivity contribution < 1.29 is 0 Å². The summed E-state index contributed by atoms with van der Waals surface area (Å²) in [4.78, 5) is 3.94. The van der Waals surface area contributed by atoms with E-state index in [0.29, 0.717) is 0 Å². The van der Waals surface area contributed by atoms with Gasteiger partial charge in [0.15, 0.2) is 5.82 Å². The molecule has 1 aliphatic rings. The van der Waals surface area contributed by atoms with E-state index >= 15 is 0 Å². The van der Waals surface area contributed by atoms with Crippen molar-refractivity contribution in [3.63, 3.8) is 0 Å². The van der Waals surface area contributed by atoms with Crippen molar-refractivity contribution in [1.29, 1.82) is 0 Å². The molecule has 1 saturated heterocycles. The largest absolute Gasteiger partial charge is 0.310 e. The zero-order chi connectivity index (χ0) is 12.3. The van der Waals surface area contributed by atoms with Gasteiger partial charge in [0, 0.05) is 12.1 Å². The first-order chi connectivity index (χ1) is 8.11. The summed E-state index contributed by atoms with van der Waals surface area (Å²) < 4.78 is 0. The molecule has 6 nitrogen and oxygen atoms in total. The highest BCUT2D eigenvalue weighted by molar-refractivity contribution is 4.89. The van der Waals surface area contributed by atoms with E-state index in [0.717, 1.165) is 38.4 Å². The molecule has 1 atom stereocenters. The quantitative estimate of drug-likeness (QED) is 0.813. The molecule has 96 valence electrons. The molecule has 0 saturated carbocycles. The summed E-state index contributed by atoms with van der Waals surface area (Å²) in [7, 11) is 1.80. The lowest BCUT2D eigenvalue weighted by Crippen LogP contribution is -2.48. The molecular formula is C11H22N6. The molecule has 0 bridgehead atoms. The zero-order valence-corrected chi connectivity index (χ0v) is 11.0. The lowest BCUT2D eigenvalue weighted by molar-refractivity contribution is 0.204. The molecule has 1 N–H and O–H groups in total. The number of nitrogens with zero attached hydrogens (tertiary/aromatic N) is 5. The maximum Gasteiger partial charge on any atom is 0.188 e. The van der Waals surface area contributed by atoms with Crippen LogP contribution >= 0.6 is 0 Å². The van der Waals surface area contributed by atoms with E-state index in [1.54, 1.807) is 7.05 Å². The number of tetrazole rings is 1. The van der Waals surface area contributed by atoms with Gasteiger partial charge in [0.05, 0.1) is 13.6 Å². The highest BCUT2D eigenvalue weighted by Crippen LogP contribution is 2.16. The molecule has 0 aromatic carbocycles. The molecule has 0 aliphatic carbocycles. The zero-order valence-electron chi connectivity index (χ0n) is 11.0. The van der Waals surface area contributed by atoms with Crippen LogP contribution in [0.25, 0.3) is 0 Å². The Morgan fingerprint density at radius 2 is 2.29 bits per heavy atom. The fraction of sp³-hybridized carbons (Fsp3) is 0.909. The highest BCUT2D eigenvalue weighted by Gasteiger charge is 2.27. The van der Waals surface area contributed by atoms with Crippen LogP contribution in [0.15, 0.2) is 0 Å². The summed E-state index contributed by atoms with van der Waals surface area (Å²) in [6.45, 7) is 8.55. The van der Waals surface area contributed by atoms with Crippen molar-refractivity contribution in [3.05, 3.63) is 5.82 Å². The van der Waals surface area contributed by atoms with Crippen molar-refractivity contribution >= 4 is 0 Å². The van der Waals surface area contributed by atoms with Crippen LogP contribution in [-0.4, -0.2) is 50.3 Å².